The van der Waals surface area contributed by atoms with Gasteiger partial charge in [-0.2, -0.15) is 0 Å². The molecule has 0 aliphatic carbocycles. The van der Waals surface area contributed by atoms with Crippen LogP contribution in [-0.4, -0.2) is 23.4 Å². The summed E-state index contributed by atoms with van der Waals surface area (Å²) in [5.74, 6) is 0.556. The molecule has 2 aromatic rings. The summed E-state index contributed by atoms with van der Waals surface area (Å²) in [7, 11) is -3.59. The number of nitrogens with one attached hydrogen (secondary N) is 2. The van der Waals surface area contributed by atoms with Crippen molar-refractivity contribution in [3.63, 3.8) is 0 Å². The number of sulfonamides is 1. The van der Waals surface area contributed by atoms with Gasteiger partial charge >= 0.3 is 0 Å². The van der Waals surface area contributed by atoms with Crippen molar-refractivity contribution in [3.8, 4) is 0 Å². The summed E-state index contributed by atoms with van der Waals surface area (Å²) in [6.45, 7) is 3.43. The van der Waals surface area contributed by atoms with Crippen molar-refractivity contribution in [1.82, 2.24) is 19.7 Å². The molecule has 96 valence electrons. The molecule has 0 saturated carbocycles. The van der Waals surface area contributed by atoms with E-state index < -0.39 is 16.1 Å². The van der Waals surface area contributed by atoms with Crippen LogP contribution >= 0.6 is 0 Å². The van der Waals surface area contributed by atoms with E-state index in [0.29, 0.717) is 11.5 Å². The smallest absolute Gasteiger partial charge is 0.258 e. The van der Waals surface area contributed by atoms with E-state index in [9.17, 15) is 8.42 Å². The summed E-state index contributed by atoms with van der Waals surface area (Å²) in [5.41, 5.74) is 0.664. The van der Waals surface area contributed by atoms with E-state index in [-0.39, 0.29) is 5.03 Å². The second kappa shape index (κ2) is 4.87. The lowest BCUT2D eigenvalue weighted by Crippen LogP contribution is -2.27. The number of imidazole rings is 1. The van der Waals surface area contributed by atoms with E-state index >= 15 is 0 Å². The fourth-order valence-corrected chi connectivity index (χ4v) is 2.71. The van der Waals surface area contributed by atoms with Crippen LogP contribution in [0.3, 0.4) is 0 Å². The maximum Gasteiger partial charge on any atom is 0.258 e. The minimum Gasteiger partial charge on any atom is -0.332 e. The summed E-state index contributed by atoms with van der Waals surface area (Å²) in [6, 6.07) is 4.96. The Morgan fingerprint density at radius 1 is 1.33 bits per heavy atom. The maximum atomic E-state index is 12.0. The van der Waals surface area contributed by atoms with Crippen LogP contribution in [0.25, 0.3) is 0 Å². The normalized spacial score (nSPS) is 13.4. The Balaban J connectivity index is 2.19. The molecule has 0 aliphatic rings. The van der Waals surface area contributed by atoms with Gasteiger partial charge in [0.2, 0.25) is 0 Å². The van der Waals surface area contributed by atoms with E-state index in [1.54, 1.807) is 32.2 Å². The van der Waals surface area contributed by atoms with Gasteiger partial charge < -0.3 is 4.98 Å². The molecular formula is C11H14N4O2S. The van der Waals surface area contributed by atoms with Crippen molar-refractivity contribution in [2.75, 3.05) is 0 Å². The first-order valence-electron chi connectivity index (χ1n) is 5.44. The summed E-state index contributed by atoms with van der Waals surface area (Å²) < 4.78 is 26.6. The van der Waals surface area contributed by atoms with Crippen LogP contribution in [0.15, 0.2) is 35.6 Å². The molecule has 0 amide bonds. The third-order valence-corrected chi connectivity index (χ3v) is 3.88. The van der Waals surface area contributed by atoms with E-state index in [4.69, 9.17) is 0 Å². The Labute approximate surface area is 106 Å². The van der Waals surface area contributed by atoms with Gasteiger partial charge in [-0.3, -0.25) is 4.98 Å². The van der Waals surface area contributed by atoms with Gasteiger partial charge in [0.05, 0.1) is 17.9 Å². The molecule has 7 heteroatoms. The molecule has 2 aromatic heterocycles. The van der Waals surface area contributed by atoms with E-state index in [1.165, 1.54) is 6.20 Å². The second-order valence-electron chi connectivity index (χ2n) is 3.93. The number of rotatable bonds is 4. The zero-order valence-corrected chi connectivity index (χ0v) is 10.9. The first-order chi connectivity index (χ1) is 8.49. The molecule has 1 unspecified atom stereocenters. The highest BCUT2D eigenvalue weighted by molar-refractivity contribution is 7.89. The fourth-order valence-electron chi connectivity index (χ4n) is 1.52. The monoisotopic (exact) mass is 266 g/mol. The lowest BCUT2D eigenvalue weighted by molar-refractivity contribution is 0.560. The highest BCUT2D eigenvalue weighted by atomic mass is 32.2. The average Bonchev–Trinajstić information content (AvgIpc) is 2.77. The summed E-state index contributed by atoms with van der Waals surface area (Å²) in [4.78, 5) is 10.7. The molecule has 0 radical (unpaired) electrons. The molecule has 0 bridgehead atoms. The van der Waals surface area contributed by atoms with Crippen LogP contribution < -0.4 is 4.72 Å². The van der Waals surface area contributed by atoms with Gasteiger partial charge in [0.1, 0.15) is 5.82 Å². The number of hydrogen-bond donors (Lipinski definition) is 2. The SMILES string of the molecule is Cc1ncc(S(=O)(=O)NC(C)c2ccccn2)[nH]1. The van der Waals surface area contributed by atoms with Crippen molar-refractivity contribution in [2.45, 2.75) is 24.9 Å². The van der Waals surface area contributed by atoms with Crippen molar-refractivity contribution in [3.05, 3.63) is 42.1 Å². The first-order valence-corrected chi connectivity index (χ1v) is 6.92. The Bertz CT molecular complexity index is 622. The van der Waals surface area contributed by atoms with Crippen LogP contribution in [0.1, 0.15) is 24.5 Å². The predicted molar refractivity (Wildman–Crippen MR) is 66.3 cm³/mol. The highest BCUT2D eigenvalue weighted by Gasteiger charge is 2.20. The summed E-state index contributed by atoms with van der Waals surface area (Å²) in [5, 5.41) is 0.0581. The van der Waals surface area contributed by atoms with Crippen molar-refractivity contribution in [2.24, 2.45) is 0 Å². The molecule has 2 rings (SSSR count). The first kappa shape index (κ1) is 12.7. The third kappa shape index (κ3) is 2.74. The topological polar surface area (TPSA) is 87.7 Å². The molecule has 2 heterocycles. The molecule has 6 nitrogen and oxygen atoms in total. The lowest BCUT2D eigenvalue weighted by Gasteiger charge is -2.12. The van der Waals surface area contributed by atoms with Crippen molar-refractivity contribution >= 4 is 10.0 Å². The molecule has 0 aliphatic heterocycles. The van der Waals surface area contributed by atoms with E-state index in [1.807, 2.05) is 6.07 Å². The number of H-pyrrole nitrogens is 1. The van der Waals surface area contributed by atoms with Gasteiger partial charge in [0.25, 0.3) is 10.0 Å². The number of nitrogens with zero attached hydrogens (tertiary/aromatic N) is 2. The molecule has 1 atom stereocenters. The average molecular weight is 266 g/mol. The van der Waals surface area contributed by atoms with Crippen molar-refractivity contribution < 1.29 is 8.42 Å². The number of pyridine rings is 1. The number of aromatic nitrogens is 3. The Kier molecular flexibility index (Phi) is 3.44. The Morgan fingerprint density at radius 3 is 2.67 bits per heavy atom. The quantitative estimate of drug-likeness (QED) is 0.869. The van der Waals surface area contributed by atoms with Crippen LogP contribution in [0.2, 0.25) is 0 Å². The second-order valence-corrected chi connectivity index (χ2v) is 5.61. The fraction of sp³-hybridized carbons (Fsp3) is 0.273. The van der Waals surface area contributed by atoms with Crippen LogP contribution in [0, 0.1) is 6.92 Å². The standard InChI is InChI=1S/C11H14N4O2S/c1-8(10-5-3-4-6-12-10)15-18(16,17)11-7-13-9(2)14-11/h3-8,15H,1-2H3,(H,13,14). The molecular weight excluding hydrogens is 252 g/mol. The zero-order valence-electron chi connectivity index (χ0n) is 10.1. The minimum atomic E-state index is -3.59. The zero-order chi connectivity index (χ0) is 13.2. The Hall–Kier alpha value is -1.73. The predicted octanol–water partition coefficient (Wildman–Crippen LogP) is 1.15. The van der Waals surface area contributed by atoms with Crippen LogP contribution in [0.4, 0.5) is 0 Å². The summed E-state index contributed by atoms with van der Waals surface area (Å²) >= 11 is 0. The minimum absolute atomic E-state index is 0.0581. The van der Waals surface area contributed by atoms with Crippen LogP contribution in [-0.2, 0) is 10.0 Å². The molecule has 18 heavy (non-hydrogen) atoms. The highest BCUT2D eigenvalue weighted by Crippen LogP contribution is 2.13. The largest absolute Gasteiger partial charge is 0.332 e. The van der Waals surface area contributed by atoms with Gasteiger partial charge in [-0.1, -0.05) is 6.07 Å². The van der Waals surface area contributed by atoms with E-state index in [2.05, 4.69) is 19.7 Å². The molecule has 2 N–H and O–H groups in total. The molecule has 0 fully saturated rings. The van der Waals surface area contributed by atoms with Crippen molar-refractivity contribution in [1.29, 1.82) is 0 Å². The van der Waals surface area contributed by atoms with Gasteiger partial charge in [0.15, 0.2) is 5.03 Å². The van der Waals surface area contributed by atoms with Gasteiger partial charge in [-0.25, -0.2) is 18.1 Å². The number of aryl methyl sites for hydroxylation is 1. The van der Waals surface area contributed by atoms with Crippen LogP contribution in [0.5, 0.6) is 0 Å². The maximum absolute atomic E-state index is 12.0. The molecule has 0 aromatic carbocycles. The Morgan fingerprint density at radius 2 is 2.11 bits per heavy atom. The van der Waals surface area contributed by atoms with E-state index in [0.717, 1.165) is 0 Å². The lowest BCUT2D eigenvalue weighted by atomic mass is 10.2. The van der Waals surface area contributed by atoms with Gasteiger partial charge in [0, 0.05) is 6.20 Å². The molecule has 0 saturated heterocycles. The number of hydrogen-bond acceptors (Lipinski definition) is 4. The third-order valence-electron chi connectivity index (χ3n) is 2.43. The van der Waals surface area contributed by atoms with Gasteiger partial charge in [-0.05, 0) is 26.0 Å². The number of aromatic amines is 1. The summed E-state index contributed by atoms with van der Waals surface area (Å²) in [6.07, 6.45) is 2.92. The van der Waals surface area contributed by atoms with Gasteiger partial charge in [-0.15, -0.1) is 0 Å². The molecule has 0 spiro atoms.